The monoisotopic (exact) mass is 409 g/mol. The molecule has 0 amide bonds. The minimum Gasteiger partial charge on any atom is -0.497 e. The Morgan fingerprint density at radius 3 is 2.93 bits per heavy atom. The molecular weight excluding hydrogens is 382 g/mol. The third kappa shape index (κ3) is 5.10. The highest BCUT2D eigenvalue weighted by atomic mass is 32.1. The van der Waals surface area contributed by atoms with Crippen molar-refractivity contribution in [1.29, 1.82) is 0 Å². The standard InChI is InChI=1S/C22H27N5OS/c1-3-21-25-26-22(29-21)24-20-11-5-10-19(23-20)17-8-6-12-27(15-17)14-16-7-4-9-18(13-16)28-2/h4-5,7,9-11,13,17H,3,6,8,12,14-15H2,1-2H3,(H,23,24,26)/t17-/m0/s1. The molecule has 6 nitrogen and oxygen atoms in total. The quantitative estimate of drug-likeness (QED) is 0.614. The first-order valence-corrected chi connectivity index (χ1v) is 11.0. The molecule has 0 unspecified atom stereocenters. The van der Waals surface area contributed by atoms with Gasteiger partial charge in [-0.25, -0.2) is 4.98 Å². The van der Waals surface area contributed by atoms with Crippen LogP contribution in [0, 0.1) is 0 Å². The molecule has 1 saturated heterocycles. The lowest BCUT2D eigenvalue weighted by Crippen LogP contribution is -2.34. The highest BCUT2D eigenvalue weighted by Gasteiger charge is 2.23. The summed E-state index contributed by atoms with van der Waals surface area (Å²) in [5.74, 6) is 2.20. The van der Waals surface area contributed by atoms with Gasteiger partial charge in [-0.3, -0.25) is 4.90 Å². The van der Waals surface area contributed by atoms with Crippen LogP contribution in [-0.4, -0.2) is 40.3 Å². The first-order chi connectivity index (χ1) is 14.2. The maximum absolute atomic E-state index is 5.36. The molecule has 7 heteroatoms. The van der Waals surface area contributed by atoms with E-state index in [1.807, 2.05) is 12.1 Å². The van der Waals surface area contributed by atoms with E-state index < -0.39 is 0 Å². The third-order valence-corrected chi connectivity index (χ3v) is 6.22. The fraction of sp³-hybridized carbons (Fsp3) is 0.409. The molecule has 0 aliphatic carbocycles. The molecule has 0 spiro atoms. The van der Waals surface area contributed by atoms with E-state index in [9.17, 15) is 0 Å². The maximum Gasteiger partial charge on any atom is 0.211 e. The molecule has 1 aliphatic rings. The van der Waals surface area contributed by atoms with Gasteiger partial charge in [0.2, 0.25) is 5.13 Å². The Morgan fingerprint density at radius 2 is 2.10 bits per heavy atom. The Balaban J connectivity index is 1.42. The summed E-state index contributed by atoms with van der Waals surface area (Å²) < 4.78 is 5.36. The predicted octanol–water partition coefficient (Wildman–Crippen LogP) is 4.63. The topological polar surface area (TPSA) is 63.2 Å². The van der Waals surface area contributed by atoms with Gasteiger partial charge in [0.15, 0.2) is 0 Å². The fourth-order valence-corrected chi connectivity index (χ4v) is 4.46. The van der Waals surface area contributed by atoms with Crippen LogP contribution in [0.3, 0.4) is 0 Å². The number of rotatable bonds is 7. The van der Waals surface area contributed by atoms with Crippen molar-refractivity contribution in [3.63, 3.8) is 0 Å². The van der Waals surface area contributed by atoms with Crippen LogP contribution in [-0.2, 0) is 13.0 Å². The number of anilines is 2. The van der Waals surface area contributed by atoms with Crippen molar-refractivity contribution in [3.8, 4) is 5.75 Å². The summed E-state index contributed by atoms with van der Waals surface area (Å²) in [6.07, 6.45) is 3.26. The largest absolute Gasteiger partial charge is 0.497 e. The van der Waals surface area contributed by atoms with Crippen LogP contribution in [0.1, 0.15) is 41.9 Å². The number of piperidine rings is 1. The van der Waals surface area contributed by atoms with Gasteiger partial charge in [-0.05, 0) is 55.6 Å². The zero-order chi connectivity index (χ0) is 20.1. The van der Waals surface area contributed by atoms with Gasteiger partial charge in [0.25, 0.3) is 0 Å². The Kier molecular flexibility index (Phi) is 6.36. The molecule has 0 saturated carbocycles. The number of likely N-dealkylation sites (tertiary alicyclic amines) is 1. The molecule has 4 rings (SSSR count). The second-order valence-corrected chi connectivity index (χ2v) is 8.42. The van der Waals surface area contributed by atoms with E-state index in [0.717, 1.165) is 53.5 Å². The molecule has 29 heavy (non-hydrogen) atoms. The van der Waals surface area contributed by atoms with Gasteiger partial charge >= 0.3 is 0 Å². The summed E-state index contributed by atoms with van der Waals surface area (Å²) >= 11 is 1.58. The van der Waals surface area contributed by atoms with Gasteiger partial charge < -0.3 is 10.1 Å². The minimum atomic E-state index is 0.441. The smallest absolute Gasteiger partial charge is 0.211 e. The minimum absolute atomic E-state index is 0.441. The summed E-state index contributed by atoms with van der Waals surface area (Å²) in [6, 6.07) is 14.6. The summed E-state index contributed by atoms with van der Waals surface area (Å²) in [6.45, 7) is 5.17. The first kappa shape index (κ1) is 19.8. The van der Waals surface area contributed by atoms with Crippen LogP contribution >= 0.6 is 11.3 Å². The molecule has 2 aromatic heterocycles. The lowest BCUT2D eigenvalue weighted by atomic mass is 9.94. The van der Waals surface area contributed by atoms with Crippen molar-refractivity contribution in [2.45, 2.75) is 38.6 Å². The second kappa shape index (κ2) is 9.33. The van der Waals surface area contributed by atoms with Crippen LogP contribution < -0.4 is 10.1 Å². The molecule has 1 atom stereocenters. The number of aryl methyl sites for hydroxylation is 1. The van der Waals surface area contributed by atoms with Crippen LogP contribution in [0.25, 0.3) is 0 Å². The van der Waals surface area contributed by atoms with E-state index in [4.69, 9.17) is 9.72 Å². The summed E-state index contributed by atoms with van der Waals surface area (Å²) in [5.41, 5.74) is 2.43. The Hall–Kier alpha value is -2.51. The number of ether oxygens (including phenoxy) is 1. The third-order valence-electron chi connectivity index (χ3n) is 5.24. The zero-order valence-corrected chi connectivity index (χ0v) is 17.8. The highest BCUT2D eigenvalue weighted by Crippen LogP contribution is 2.28. The summed E-state index contributed by atoms with van der Waals surface area (Å²) in [5, 5.41) is 13.5. The van der Waals surface area contributed by atoms with Crippen molar-refractivity contribution in [3.05, 3.63) is 58.7 Å². The lowest BCUT2D eigenvalue weighted by Gasteiger charge is -2.32. The van der Waals surface area contributed by atoms with Crippen molar-refractivity contribution in [2.24, 2.45) is 0 Å². The van der Waals surface area contributed by atoms with Crippen LogP contribution in [0.4, 0.5) is 10.9 Å². The Labute approximate surface area is 176 Å². The van der Waals surface area contributed by atoms with Crippen molar-refractivity contribution >= 4 is 22.3 Å². The van der Waals surface area contributed by atoms with Gasteiger partial charge in [-0.2, -0.15) is 0 Å². The number of hydrogen-bond donors (Lipinski definition) is 1. The molecule has 0 bridgehead atoms. The average molecular weight is 410 g/mol. The van der Waals surface area contributed by atoms with Crippen molar-refractivity contribution < 1.29 is 4.74 Å². The van der Waals surface area contributed by atoms with E-state index in [2.05, 4.69) is 57.7 Å². The second-order valence-electron chi connectivity index (χ2n) is 7.35. The summed E-state index contributed by atoms with van der Waals surface area (Å²) in [7, 11) is 1.72. The number of nitrogens with zero attached hydrogens (tertiary/aromatic N) is 4. The number of methoxy groups -OCH3 is 1. The van der Waals surface area contributed by atoms with E-state index in [1.54, 1.807) is 18.4 Å². The highest BCUT2D eigenvalue weighted by molar-refractivity contribution is 7.15. The number of pyridine rings is 1. The Bertz CT molecular complexity index is 944. The predicted molar refractivity (Wildman–Crippen MR) is 117 cm³/mol. The van der Waals surface area contributed by atoms with Crippen LogP contribution in [0.2, 0.25) is 0 Å². The molecule has 1 N–H and O–H groups in total. The van der Waals surface area contributed by atoms with Gasteiger partial charge in [0.1, 0.15) is 16.6 Å². The molecule has 0 radical (unpaired) electrons. The molecule has 152 valence electrons. The number of aromatic nitrogens is 3. The van der Waals surface area contributed by atoms with E-state index in [1.165, 1.54) is 18.4 Å². The fourth-order valence-electron chi connectivity index (χ4n) is 3.77. The average Bonchev–Trinajstić information content (AvgIpc) is 3.22. The molecular formula is C22H27N5OS. The Morgan fingerprint density at radius 1 is 1.21 bits per heavy atom. The van der Waals surface area contributed by atoms with Gasteiger partial charge in [0, 0.05) is 24.7 Å². The van der Waals surface area contributed by atoms with E-state index in [0.29, 0.717) is 5.92 Å². The number of nitrogens with one attached hydrogen (secondary N) is 1. The number of hydrogen-bond acceptors (Lipinski definition) is 7. The number of benzene rings is 1. The van der Waals surface area contributed by atoms with Crippen LogP contribution in [0.5, 0.6) is 5.75 Å². The first-order valence-electron chi connectivity index (χ1n) is 10.1. The van der Waals surface area contributed by atoms with Crippen molar-refractivity contribution in [1.82, 2.24) is 20.1 Å². The normalized spacial score (nSPS) is 17.2. The van der Waals surface area contributed by atoms with Gasteiger partial charge in [-0.15, -0.1) is 10.2 Å². The van der Waals surface area contributed by atoms with Gasteiger partial charge in [0.05, 0.1) is 7.11 Å². The molecule has 1 aliphatic heterocycles. The van der Waals surface area contributed by atoms with Crippen molar-refractivity contribution in [2.75, 3.05) is 25.5 Å². The molecule has 3 aromatic rings. The SMILES string of the molecule is CCc1nnc(Nc2cccc([C@H]3CCCN(Cc4cccc(OC)c4)C3)n2)s1. The zero-order valence-electron chi connectivity index (χ0n) is 17.0. The molecule has 1 fully saturated rings. The summed E-state index contributed by atoms with van der Waals surface area (Å²) in [4.78, 5) is 7.39. The van der Waals surface area contributed by atoms with E-state index in [-0.39, 0.29) is 0 Å². The lowest BCUT2D eigenvalue weighted by molar-refractivity contribution is 0.198. The van der Waals surface area contributed by atoms with Gasteiger partial charge in [-0.1, -0.05) is 36.5 Å². The molecule has 1 aromatic carbocycles. The van der Waals surface area contributed by atoms with E-state index >= 15 is 0 Å². The van der Waals surface area contributed by atoms with Crippen LogP contribution in [0.15, 0.2) is 42.5 Å². The molecule has 3 heterocycles. The maximum atomic E-state index is 5.36.